The van der Waals surface area contributed by atoms with E-state index in [1.807, 2.05) is 6.07 Å². The summed E-state index contributed by atoms with van der Waals surface area (Å²) in [4.78, 5) is 12.4. The van der Waals surface area contributed by atoms with Gasteiger partial charge in [-0.3, -0.25) is 4.79 Å². The average Bonchev–Trinajstić information content (AvgIpc) is 2.66. The standard InChI is InChI=1S/C20H14ClIN2O3/c1-3-8-27-19-17(22)10-13(11-18(19)26-2)9-14(12-23)20(25)24-16-6-4-15(21)5-7-16/h1,4-7,9-11H,8H2,2H3,(H,24,25)/b14-9-. The van der Waals surface area contributed by atoms with E-state index in [0.29, 0.717) is 27.8 Å². The number of carbonyl (C=O) groups excluding carboxylic acids is 1. The van der Waals surface area contributed by atoms with Crippen LogP contribution < -0.4 is 14.8 Å². The summed E-state index contributed by atoms with van der Waals surface area (Å²) in [5, 5.41) is 12.6. The van der Waals surface area contributed by atoms with E-state index in [9.17, 15) is 10.1 Å². The number of amides is 1. The summed E-state index contributed by atoms with van der Waals surface area (Å²) in [6.45, 7) is 0.106. The monoisotopic (exact) mass is 492 g/mol. The number of ether oxygens (including phenoxy) is 2. The predicted molar refractivity (Wildman–Crippen MR) is 114 cm³/mol. The van der Waals surface area contributed by atoms with Gasteiger partial charge in [0.05, 0.1) is 10.7 Å². The molecule has 0 saturated heterocycles. The molecule has 0 saturated carbocycles. The second-order valence-electron chi connectivity index (χ2n) is 5.16. The Morgan fingerprint density at radius 2 is 2.07 bits per heavy atom. The molecular formula is C20H14ClIN2O3. The number of nitrogens with one attached hydrogen (secondary N) is 1. The zero-order valence-electron chi connectivity index (χ0n) is 14.3. The fourth-order valence-electron chi connectivity index (χ4n) is 2.12. The quantitative estimate of drug-likeness (QED) is 0.279. The number of rotatable bonds is 6. The van der Waals surface area contributed by atoms with Crippen LogP contribution in [0.2, 0.25) is 5.02 Å². The van der Waals surface area contributed by atoms with Crippen LogP contribution in [-0.2, 0) is 4.79 Å². The number of terminal acetylenes is 1. The van der Waals surface area contributed by atoms with E-state index in [4.69, 9.17) is 27.5 Å². The van der Waals surface area contributed by atoms with E-state index in [-0.39, 0.29) is 12.2 Å². The van der Waals surface area contributed by atoms with Gasteiger partial charge < -0.3 is 14.8 Å². The van der Waals surface area contributed by atoms with Crippen molar-refractivity contribution in [3.8, 4) is 29.9 Å². The molecule has 1 amide bonds. The number of benzene rings is 2. The molecule has 0 aromatic heterocycles. The molecule has 0 unspecified atom stereocenters. The van der Waals surface area contributed by atoms with Crippen molar-refractivity contribution in [1.29, 1.82) is 5.26 Å². The molecule has 2 aromatic rings. The predicted octanol–water partition coefficient (Wildman–Crippen LogP) is 4.51. The largest absolute Gasteiger partial charge is 0.493 e. The molecular weight excluding hydrogens is 479 g/mol. The number of hydrogen-bond donors (Lipinski definition) is 1. The average molecular weight is 493 g/mol. The summed E-state index contributed by atoms with van der Waals surface area (Å²) >= 11 is 7.90. The first kappa shape index (κ1) is 20.6. The highest BCUT2D eigenvalue weighted by molar-refractivity contribution is 14.1. The van der Waals surface area contributed by atoms with Crippen molar-refractivity contribution in [2.24, 2.45) is 0 Å². The molecule has 5 nitrogen and oxygen atoms in total. The van der Waals surface area contributed by atoms with Crippen LogP contribution in [0.25, 0.3) is 6.08 Å². The Balaban J connectivity index is 2.29. The summed E-state index contributed by atoms with van der Waals surface area (Å²) in [6.07, 6.45) is 6.69. The van der Waals surface area contributed by atoms with E-state index in [1.54, 1.807) is 36.4 Å². The number of anilines is 1. The molecule has 1 N–H and O–H groups in total. The van der Waals surface area contributed by atoms with E-state index in [0.717, 1.165) is 3.57 Å². The van der Waals surface area contributed by atoms with Crippen molar-refractivity contribution in [3.05, 3.63) is 56.1 Å². The van der Waals surface area contributed by atoms with Crippen molar-refractivity contribution < 1.29 is 14.3 Å². The van der Waals surface area contributed by atoms with Crippen LogP contribution >= 0.6 is 34.2 Å². The third-order valence-electron chi connectivity index (χ3n) is 3.33. The minimum atomic E-state index is -0.526. The molecule has 0 spiro atoms. The summed E-state index contributed by atoms with van der Waals surface area (Å²) < 4.78 is 11.5. The third kappa shape index (κ3) is 5.65. The minimum absolute atomic E-state index is 0.0555. The van der Waals surface area contributed by atoms with Gasteiger partial charge >= 0.3 is 0 Å². The first-order valence-electron chi connectivity index (χ1n) is 7.61. The molecule has 0 bridgehead atoms. The Bertz CT molecular complexity index is 957. The fraction of sp³-hybridized carbons (Fsp3) is 0.100. The van der Waals surface area contributed by atoms with Gasteiger partial charge in [0.2, 0.25) is 0 Å². The molecule has 0 fully saturated rings. The van der Waals surface area contributed by atoms with Crippen LogP contribution in [0.4, 0.5) is 5.69 Å². The molecule has 0 heterocycles. The summed E-state index contributed by atoms with van der Waals surface area (Å²) in [5.74, 6) is 2.84. The molecule has 2 aromatic carbocycles. The maximum atomic E-state index is 12.4. The lowest BCUT2D eigenvalue weighted by molar-refractivity contribution is -0.112. The van der Waals surface area contributed by atoms with Crippen molar-refractivity contribution in [3.63, 3.8) is 0 Å². The lowest BCUT2D eigenvalue weighted by Gasteiger charge is -2.12. The normalized spacial score (nSPS) is 10.5. The minimum Gasteiger partial charge on any atom is -0.493 e. The van der Waals surface area contributed by atoms with Gasteiger partial charge in [-0.2, -0.15) is 5.26 Å². The SMILES string of the molecule is C#CCOc1c(I)cc(/C=C(/C#N)C(=O)Nc2ccc(Cl)cc2)cc1OC. The Kier molecular flexibility index (Phi) is 7.54. The highest BCUT2D eigenvalue weighted by Gasteiger charge is 2.14. The van der Waals surface area contributed by atoms with Crippen LogP contribution in [0, 0.1) is 27.2 Å². The smallest absolute Gasteiger partial charge is 0.266 e. The van der Waals surface area contributed by atoms with Gasteiger partial charge in [-0.25, -0.2) is 0 Å². The van der Waals surface area contributed by atoms with Crippen LogP contribution in [-0.4, -0.2) is 19.6 Å². The van der Waals surface area contributed by atoms with Crippen molar-refractivity contribution >= 4 is 51.9 Å². The highest BCUT2D eigenvalue weighted by Crippen LogP contribution is 2.34. The Morgan fingerprint density at radius 1 is 1.37 bits per heavy atom. The van der Waals surface area contributed by atoms with Crippen LogP contribution in [0.3, 0.4) is 0 Å². The van der Waals surface area contributed by atoms with Gasteiger partial charge in [0.15, 0.2) is 11.5 Å². The zero-order chi connectivity index (χ0) is 19.8. The number of methoxy groups -OCH3 is 1. The molecule has 0 radical (unpaired) electrons. The second kappa shape index (κ2) is 9.86. The molecule has 0 aliphatic carbocycles. The number of nitrogens with zero attached hydrogens (tertiary/aromatic N) is 1. The topological polar surface area (TPSA) is 71.3 Å². The molecule has 2 rings (SSSR count). The number of nitriles is 1. The van der Waals surface area contributed by atoms with Crippen LogP contribution in [0.15, 0.2) is 42.0 Å². The molecule has 0 aliphatic heterocycles. The van der Waals surface area contributed by atoms with E-state index < -0.39 is 5.91 Å². The van der Waals surface area contributed by atoms with Gasteiger partial charge in [0, 0.05) is 10.7 Å². The molecule has 136 valence electrons. The zero-order valence-corrected chi connectivity index (χ0v) is 17.2. The maximum Gasteiger partial charge on any atom is 0.266 e. The van der Waals surface area contributed by atoms with E-state index in [1.165, 1.54) is 13.2 Å². The Labute approximate surface area is 176 Å². The van der Waals surface area contributed by atoms with Gasteiger partial charge in [0.25, 0.3) is 5.91 Å². The van der Waals surface area contributed by atoms with Crippen LogP contribution in [0.1, 0.15) is 5.56 Å². The Hall–Kier alpha value is -2.68. The second-order valence-corrected chi connectivity index (χ2v) is 6.76. The fourth-order valence-corrected chi connectivity index (χ4v) is 3.03. The van der Waals surface area contributed by atoms with E-state index >= 15 is 0 Å². The Morgan fingerprint density at radius 3 is 2.67 bits per heavy atom. The van der Waals surface area contributed by atoms with E-state index in [2.05, 4.69) is 33.8 Å². The van der Waals surface area contributed by atoms with Gasteiger partial charge in [-0.05, 0) is 70.6 Å². The van der Waals surface area contributed by atoms with Gasteiger partial charge in [-0.15, -0.1) is 6.42 Å². The maximum absolute atomic E-state index is 12.4. The lowest BCUT2D eigenvalue weighted by atomic mass is 10.1. The molecule has 0 aliphatic rings. The van der Waals surface area contributed by atoms with Crippen molar-refractivity contribution in [1.82, 2.24) is 0 Å². The lowest BCUT2D eigenvalue weighted by Crippen LogP contribution is -2.13. The summed E-state index contributed by atoms with van der Waals surface area (Å²) in [5.41, 5.74) is 1.10. The third-order valence-corrected chi connectivity index (χ3v) is 4.38. The first-order chi connectivity index (χ1) is 13.0. The molecule has 7 heteroatoms. The molecule has 27 heavy (non-hydrogen) atoms. The van der Waals surface area contributed by atoms with Crippen molar-refractivity contribution in [2.75, 3.05) is 19.0 Å². The van der Waals surface area contributed by atoms with Crippen molar-refractivity contribution in [2.45, 2.75) is 0 Å². The summed E-state index contributed by atoms with van der Waals surface area (Å²) in [7, 11) is 1.50. The highest BCUT2D eigenvalue weighted by atomic mass is 127. The first-order valence-corrected chi connectivity index (χ1v) is 9.06. The van der Waals surface area contributed by atoms with Gasteiger partial charge in [-0.1, -0.05) is 17.5 Å². The number of carbonyl (C=O) groups is 1. The number of halogens is 2. The summed E-state index contributed by atoms with van der Waals surface area (Å²) in [6, 6.07) is 11.9. The number of hydrogen-bond acceptors (Lipinski definition) is 4. The van der Waals surface area contributed by atoms with Gasteiger partial charge in [0.1, 0.15) is 18.2 Å². The van der Waals surface area contributed by atoms with Crippen LogP contribution in [0.5, 0.6) is 11.5 Å². The molecule has 0 atom stereocenters.